The SMILES string of the molecule is NNc1cc([N+](=O)[O-])ccc1S(=O)(=O)Nc1ncc(Br)s1. The van der Waals surface area contributed by atoms with E-state index in [9.17, 15) is 18.5 Å². The number of thiazole rings is 1. The lowest BCUT2D eigenvalue weighted by atomic mass is 10.3. The minimum absolute atomic E-state index is 0.0904. The highest BCUT2D eigenvalue weighted by atomic mass is 79.9. The highest BCUT2D eigenvalue weighted by Crippen LogP contribution is 2.29. The van der Waals surface area contributed by atoms with Crippen LogP contribution in [0.15, 0.2) is 33.1 Å². The molecule has 12 heteroatoms. The number of nitro groups is 1. The molecule has 0 aliphatic carbocycles. The number of rotatable bonds is 5. The van der Waals surface area contributed by atoms with E-state index in [-0.39, 0.29) is 21.4 Å². The Morgan fingerprint density at radius 1 is 1.43 bits per heavy atom. The third kappa shape index (κ3) is 3.47. The van der Waals surface area contributed by atoms with Crippen molar-refractivity contribution in [2.75, 3.05) is 10.1 Å². The average Bonchev–Trinajstić information content (AvgIpc) is 2.82. The summed E-state index contributed by atoms with van der Waals surface area (Å²) in [7, 11) is -3.97. The number of anilines is 2. The molecule has 0 saturated carbocycles. The normalized spacial score (nSPS) is 11.1. The Morgan fingerprint density at radius 2 is 2.14 bits per heavy atom. The quantitative estimate of drug-likeness (QED) is 0.400. The summed E-state index contributed by atoms with van der Waals surface area (Å²) in [6.07, 6.45) is 1.44. The van der Waals surface area contributed by atoms with Gasteiger partial charge in [0.25, 0.3) is 15.7 Å². The maximum absolute atomic E-state index is 12.2. The zero-order chi connectivity index (χ0) is 15.6. The zero-order valence-corrected chi connectivity index (χ0v) is 13.3. The largest absolute Gasteiger partial charge is 0.323 e. The molecule has 2 rings (SSSR count). The Kier molecular flexibility index (Phi) is 4.41. The van der Waals surface area contributed by atoms with E-state index in [0.29, 0.717) is 3.79 Å². The monoisotopic (exact) mass is 393 g/mol. The van der Waals surface area contributed by atoms with Crippen molar-refractivity contribution < 1.29 is 13.3 Å². The topological polar surface area (TPSA) is 140 Å². The highest BCUT2D eigenvalue weighted by molar-refractivity contribution is 9.11. The van der Waals surface area contributed by atoms with Gasteiger partial charge >= 0.3 is 0 Å². The number of aromatic nitrogens is 1. The number of nitrogens with one attached hydrogen (secondary N) is 2. The Balaban J connectivity index is 2.42. The predicted octanol–water partition coefficient (Wildman–Crippen LogP) is 1.90. The summed E-state index contributed by atoms with van der Waals surface area (Å²) in [6, 6.07) is 3.21. The minimum Gasteiger partial charge on any atom is -0.323 e. The molecule has 0 fully saturated rings. The number of nitrogens with two attached hydrogens (primary N) is 1. The lowest BCUT2D eigenvalue weighted by molar-refractivity contribution is -0.384. The van der Waals surface area contributed by atoms with Gasteiger partial charge in [-0.2, -0.15) is 0 Å². The van der Waals surface area contributed by atoms with Crippen LogP contribution in [0.4, 0.5) is 16.5 Å². The molecule has 0 unspecified atom stereocenters. The van der Waals surface area contributed by atoms with Gasteiger partial charge in [0.15, 0.2) is 5.13 Å². The smallest absolute Gasteiger partial charge is 0.271 e. The van der Waals surface area contributed by atoms with Gasteiger partial charge in [-0.3, -0.25) is 20.7 Å². The molecule has 0 atom stereocenters. The van der Waals surface area contributed by atoms with Crippen LogP contribution in [0.3, 0.4) is 0 Å². The summed E-state index contributed by atoms with van der Waals surface area (Å²) in [5.41, 5.74) is 1.77. The maximum atomic E-state index is 12.2. The number of nitro benzene ring substituents is 1. The lowest BCUT2D eigenvalue weighted by Gasteiger charge is -2.10. The molecule has 0 spiro atoms. The number of hydrogen-bond acceptors (Lipinski definition) is 8. The molecule has 4 N–H and O–H groups in total. The number of hydrogen-bond donors (Lipinski definition) is 3. The fourth-order valence-corrected chi connectivity index (χ4v) is 3.95. The highest BCUT2D eigenvalue weighted by Gasteiger charge is 2.22. The van der Waals surface area contributed by atoms with E-state index < -0.39 is 14.9 Å². The Morgan fingerprint density at radius 3 is 2.67 bits per heavy atom. The summed E-state index contributed by atoms with van der Waals surface area (Å²) >= 11 is 4.25. The van der Waals surface area contributed by atoms with Gasteiger partial charge in [0.05, 0.1) is 20.6 Å². The molecule has 0 radical (unpaired) electrons. The summed E-state index contributed by atoms with van der Waals surface area (Å²) in [4.78, 5) is 13.7. The van der Waals surface area contributed by atoms with Crippen LogP contribution >= 0.6 is 27.3 Å². The van der Waals surface area contributed by atoms with E-state index in [2.05, 4.69) is 31.1 Å². The first kappa shape index (κ1) is 15.6. The predicted molar refractivity (Wildman–Crippen MR) is 81.5 cm³/mol. The van der Waals surface area contributed by atoms with Crippen molar-refractivity contribution in [2.45, 2.75) is 4.90 Å². The van der Waals surface area contributed by atoms with Gasteiger partial charge < -0.3 is 5.43 Å². The van der Waals surface area contributed by atoms with E-state index in [1.165, 1.54) is 6.20 Å². The molecule has 2 aromatic rings. The summed E-state index contributed by atoms with van der Waals surface area (Å²) in [6.45, 7) is 0. The lowest BCUT2D eigenvalue weighted by Crippen LogP contribution is -2.17. The van der Waals surface area contributed by atoms with Crippen LogP contribution in [0.2, 0.25) is 0 Å². The molecule has 0 aliphatic heterocycles. The Labute approximate surface area is 131 Å². The van der Waals surface area contributed by atoms with Crippen LogP contribution in [0.5, 0.6) is 0 Å². The van der Waals surface area contributed by atoms with Crippen molar-refractivity contribution in [1.82, 2.24) is 4.98 Å². The molecule has 0 bridgehead atoms. The van der Waals surface area contributed by atoms with Gasteiger partial charge in [0, 0.05) is 12.1 Å². The number of nitrogens with zero attached hydrogens (tertiary/aromatic N) is 2. The molecule has 0 amide bonds. The van der Waals surface area contributed by atoms with Crippen LogP contribution in [0, 0.1) is 10.1 Å². The molecule has 112 valence electrons. The molecule has 0 saturated heterocycles. The van der Waals surface area contributed by atoms with E-state index in [0.717, 1.165) is 29.5 Å². The molecule has 1 aromatic carbocycles. The summed E-state index contributed by atoms with van der Waals surface area (Å²) in [5.74, 6) is 5.23. The molecular weight excluding hydrogens is 386 g/mol. The summed E-state index contributed by atoms with van der Waals surface area (Å²) in [5, 5.41) is 10.8. The number of hydrazine groups is 1. The second kappa shape index (κ2) is 5.93. The molecule has 9 nitrogen and oxygen atoms in total. The standard InChI is InChI=1S/C9H8BrN5O4S2/c10-8-4-12-9(20-8)14-21(18,19)7-2-1-5(15(16)17)3-6(7)13-11/h1-4,13H,11H2,(H,12,14). The molecule has 0 aliphatic rings. The summed E-state index contributed by atoms with van der Waals surface area (Å²) < 4.78 is 27.4. The van der Waals surface area contributed by atoms with Gasteiger partial charge in [-0.15, -0.1) is 0 Å². The Hall–Kier alpha value is -1.76. The average molecular weight is 394 g/mol. The number of nitrogen functional groups attached to an aromatic ring is 1. The van der Waals surface area contributed by atoms with Crippen LogP contribution < -0.4 is 16.0 Å². The van der Waals surface area contributed by atoms with Crippen LogP contribution in [-0.2, 0) is 10.0 Å². The fourth-order valence-electron chi connectivity index (χ4n) is 1.45. The number of benzene rings is 1. The molecule has 1 aromatic heterocycles. The van der Waals surface area contributed by atoms with E-state index >= 15 is 0 Å². The zero-order valence-electron chi connectivity index (χ0n) is 10.1. The number of sulfonamides is 1. The van der Waals surface area contributed by atoms with E-state index in [1.807, 2.05) is 0 Å². The maximum Gasteiger partial charge on any atom is 0.271 e. The number of non-ortho nitro benzene ring substituents is 1. The van der Waals surface area contributed by atoms with Crippen molar-refractivity contribution in [2.24, 2.45) is 5.84 Å². The minimum atomic E-state index is -3.97. The van der Waals surface area contributed by atoms with Gasteiger partial charge in [0.2, 0.25) is 0 Å². The second-order valence-corrected chi connectivity index (χ2v) is 7.72. The van der Waals surface area contributed by atoms with E-state index in [4.69, 9.17) is 5.84 Å². The Bertz CT molecular complexity index is 791. The molecular formula is C9H8BrN5O4S2. The van der Waals surface area contributed by atoms with Gasteiger partial charge in [-0.1, -0.05) is 11.3 Å². The molecule has 21 heavy (non-hydrogen) atoms. The van der Waals surface area contributed by atoms with Gasteiger partial charge in [-0.05, 0) is 22.0 Å². The number of halogens is 1. The first-order valence-electron chi connectivity index (χ1n) is 5.22. The molecule has 1 heterocycles. The van der Waals surface area contributed by atoms with E-state index in [1.54, 1.807) is 0 Å². The first-order chi connectivity index (χ1) is 9.83. The van der Waals surface area contributed by atoms with Crippen molar-refractivity contribution in [3.63, 3.8) is 0 Å². The second-order valence-electron chi connectivity index (χ2n) is 3.66. The van der Waals surface area contributed by atoms with Crippen LogP contribution in [0.1, 0.15) is 0 Å². The third-order valence-electron chi connectivity index (χ3n) is 2.32. The van der Waals surface area contributed by atoms with Crippen LogP contribution in [-0.4, -0.2) is 18.3 Å². The fraction of sp³-hybridized carbons (Fsp3) is 0. The van der Waals surface area contributed by atoms with Crippen molar-refractivity contribution >= 4 is 53.8 Å². The third-order valence-corrected chi connectivity index (χ3v) is 5.24. The van der Waals surface area contributed by atoms with Crippen molar-refractivity contribution in [1.29, 1.82) is 0 Å². The van der Waals surface area contributed by atoms with Crippen LogP contribution in [0.25, 0.3) is 0 Å². The van der Waals surface area contributed by atoms with Gasteiger partial charge in [-0.25, -0.2) is 13.4 Å². The first-order valence-corrected chi connectivity index (χ1v) is 8.32. The van der Waals surface area contributed by atoms with Gasteiger partial charge in [0.1, 0.15) is 4.90 Å². The van der Waals surface area contributed by atoms with Crippen molar-refractivity contribution in [3.8, 4) is 0 Å². The van der Waals surface area contributed by atoms with Crippen molar-refractivity contribution in [3.05, 3.63) is 38.3 Å².